The normalized spacial score (nSPS) is 13.5. The fourth-order valence-electron chi connectivity index (χ4n) is 2.16. The maximum absolute atomic E-state index is 5.47. The number of nitrogens with one attached hydrogen (secondary N) is 1. The van der Waals surface area contributed by atoms with Gasteiger partial charge in [0.05, 0.1) is 0 Å². The molecule has 1 N–H and O–H groups in total. The van der Waals surface area contributed by atoms with Crippen LogP contribution in [0.5, 0.6) is 0 Å². The van der Waals surface area contributed by atoms with Crippen LogP contribution in [-0.2, 0) is 5.41 Å². The predicted molar refractivity (Wildman–Crippen MR) is 83.8 cm³/mol. The van der Waals surface area contributed by atoms with E-state index in [1.807, 2.05) is 32.0 Å². The van der Waals surface area contributed by atoms with E-state index in [1.54, 1.807) is 0 Å². The lowest BCUT2D eigenvalue weighted by Gasteiger charge is -2.12. The summed E-state index contributed by atoms with van der Waals surface area (Å²) >= 11 is 0. The van der Waals surface area contributed by atoms with Gasteiger partial charge in [-0.25, -0.2) is 4.98 Å². The molecule has 22 heavy (non-hydrogen) atoms. The van der Waals surface area contributed by atoms with Crippen LogP contribution in [0.25, 0.3) is 11.1 Å². The lowest BCUT2D eigenvalue weighted by Crippen LogP contribution is -2.14. The van der Waals surface area contributed by atoms with Gasteiger partial charge in [0.25, 0.3) is 0 Å². The minimum absolute atomic E-state index is 0.0888. The zero-order valence-corrected chi connectivity index (χ0v) is 13.5. The molecule has 0 saturated carbocycles. The van der Waals surface area contributed by atoms with Crippen LogP contribution in [0.2, 0.25) is 0 Å². The highest BCUT2D eigenvalue weighted by molar-refractivity contribution is 5.77. The summed E-state index contributed by atoms with van der Waals surface area (Å²) in [5.41, 5.74) is 2.42. The van der Waals surface area contributed by atoms with E-state index in [-0.39, 0.29) is 11.5 Å². The van der Waals surface area contributed by atoms with Gasteiger partial charge in [-0.1, -0.05) is 25.9 Å². The number of hydrogen-bond acceptors (Lipinski definition) is 6. The van der Waals surface area contributed by atoms with Gasteiger partial charge in [0.2, 0.25) is 5.89 Å². The molecule has 1 atom stereocenters. The van der Waals surface area contributed by atoms with E-state index in [0.29, 0.717) is 17.6 Å². The van der Waals surface area contributed by atoms with Crippen LogP contribution in [0.15, 0.2) is 27.1 Å². The quantitative estimate of drug-likeness (QED) is 0.788. The van der Waals surface area contributed by atoms with Crippen LogP contribution < -0.4 is 5.32 Å². The summed E-state index contributed by atoms with van der Waals surface area (Å²) in [6, 6.07) is 5.71. The summed E-state index contributed by atoms with van der Waals surface area (Å²) in [6.07, 6.45) is 0. The Morgan fingerprint density at radius 3 is 2.64 bits per heavy atom. The summed E-state index contributed by atoms with van der Waals surface area (Å²) in [5, 5.41) is 7.40. The van der Waals surface area contributed by atoms with Crippen molar-refractivity contribution in [2.75, 3.05) is 5.32 Å². The minimum Gasteiger partial charge on any atom is -0.441 e. The summed E-state index contributed by atoms with van der Waals surface area (Å²) in [5.74, 6) is 1.94. The Balaban J connectivity index is 1.80. The van der Waals surface area contributed by atoms with E-state index in [4.69, 9.17) is 8.94 Å². The maximum atomic E-state index is 5.47. The largest absolute Gasteiger partial charge is 0.441 e. The maximum Gasteiger partial charge on any atom is 0.248 e. The van der Waals surface area contributed by atoms with Crippen molar-refractivity contribution in [2.45, 2.75) is 46.1 Å². The SMILES string of the molecule is Cc1nc2cc(N[C@@H](C)c3nc(C(C)(C)C)no3)ccc2o1. The van der Waals surface area contributed by atoms with Crippen molar-refractivity contribution >= 4 is 16.8 Å². The number of benzene rings is 1. The molecule has 0 spiro atoms. The number of fused-ring (bicyclic) bond motifs is 1. The van der Waals surface area contributed by atoms with E-state index in [0.717, 1.165) is 16.8 Å². The third-order valence-electron chi connectivity index (χ3n) is 3.36. The van der Waals surface area contributed by atoms with E-state index in [9.17, 15) is 0 Å². The molecule has 0 aliphatic rings. The molecule has 0 amide bonds. The van der Waals surface area contributed by atoms with Crippen molar-refractivity contribution in [3.8, 4) is 0 Å². The van der Waals surface area contributed by atoms with Crippen molar-refractivity contribution in [1.29, 1.82) is 0 Å². The fraction of sp³-hybridized carbons (Fsp3) is 0.438. The van der Waals surface area contributed by atoms with Crippen molar-refractivity contribution in [1.82, 2.24) is 15.1 Å². The van der Waals surface area contributed by atoms with Gasteiger partial charge in [0.1, 0.15) is 11.6 Å². The highest BCUT2D eigenvalue weighted by Gasteiger charge is 2.23. The van der Waals surface area contributed by atoms with E-state index in [1.165, 1.54) is 0 Å². The molecule has 1 aromatic carbocycles. The van der Waals surface area contributed by atoms with E-state index in [2.05, 4.69) is 41.2 Å². The van der Waals surface area contributed by atoms with Crippen molar-refractivity contribution < 1.29 is 8.94 Å². The minimum atomic E-state index is -0.126. The second-order valence-electron chi connectivity index (χ2n) is 6.49. The molecule has 0 bridgehead atoms. The van der Waals surface area contributed by atoms with Gasteiger partial charge in [0, 0.05) is 18.0 Å². The van der Waals surface area contributed by atoms with Gasteiger partial charge in [-0.3, -0.25) is 0 Å². The number of aromatic nitrogens is 3. The topological polar surface area (TPSA) is 77.0 Å². The van der Waals surface area contributed by atoms with Gasteiger partial charge in [0.15, 0.2) is 17.3 Å². The number of aryl methyl sites for hydroxylation is 1. The Morgan fingerprint density at radius 1 is 1.18 bits per heavy atom. The molecule has 0 aliphatic heterocycles. The molecule has 3 rings (SSSR count). The van der Waals surface area contributed by atoms with Crippen LogP contribution >= 0.6 is 0 Å². The number of nitrogens with zero attached hydrogens (tertiary/aromatic N) is 3. The fourth-order valence-corrected chi connectivity index (χ4v) is 2.16. The van der Waals surface area contributed by atoms with Gasteiger partial charge >= 0.3 is 0 Å². The lowest BCUT2D eigenvalue weighted by atomic mass is 9.96. The molecule has 116 valence electrons. The molecule has 0 aliphatic carbocycles. The average Bonchev–Trinajstić information content (AvgIpc) is 3.02. The van der Waals surface area contributed by atoms with E-state index >= 15 is 0 Å². The van der Waals surface area contributed by atoms with Gasteiger partial charge in [-0.2, -0.15) is 4.98 Å². The molecule has 2 heterocycles. The molecular formula is C16H20N4O2. The average molecular weight is 300 g/mol. The summed E-state index contributed by atoms with van der Waals surface area (Å²) in [6.45, 7) is 9.99. The summed E-state index contributed by atoms with van der Waals surface area (Å²) in [7, 11) is 0. The van der Waals surface area contributed by atoms with Crippen molar-refractivity contribution in [3.63, 3.8) is 0 Å². The standard InChI is InChI=1S/C16H20N4O2/c1-9(14-19-15(20-22-14)16(3,4)5)17-11-6-7-13-12(8-11)18-10(2)21-13/h6-9,17H,1-5H3/t9-/m0/s1. The second-order valence-corrected chi connectivity index (χ2v) is 6.49. The molecule has 6 nitrogen and oxygen atoms in total. The van der Waals surface area contributed by atoms with Crippen LogP contribution in [0.1, 0.15) is 51.3 Å². The third-order valence-corrected chi connectivity index (χ3v) is 3.36. The predicted octanol–water partition coefficient (Wildman–Crippen LogP) is 3.99. The Morgan fingerprint density at radius 2 is 1.95 bits per heavy atom. The number of anilines is 1. The second kappa shape index (κ2) is 5.12. The first-order valence-corrected chi connectivity index (χ1v) is 7.31. The number of rotatable bonds is 3. The number of hydrogen-bond donors (Lipinski definition) is 1. The Bertz CT molecular complexity index is 798. The zero-order chi connectivity index (χ0) is 15.9. The molecule has 6 heteroatoms. The first-order chi connectivity index (χ1) is 10.3. The molecule has 0 saturated heterocycles. The summed E-state index contributed by atoms with van der Waals surface area (Å²) < 4.78 is 10.8. The molecule has 0 fully saturated rings. The van der Waals surface area contributed by atoms with Crippen LogP contribution in [-0.4, -0.2) is 15.1 Å². The molecule has 0 radical (unpaired) electrons. The first kappa shape index (κ1) is 14.6. The van der Waals surface area contributed by atoms with Gasteiger partial charge < -0.3 is 14.3 Å². The van der Waals surface area contributed by atoms with E-state index < -0.39 is 0 Å². The molecule has 0 unspecified atom stereocenters. The highest BCUT2D eigenvalue weighted by atomic mass is 16.5. The Hall–Kier alpha value is -2.37. The van der Waals surface area contributed by atoms with Crippen LogP contribution in [0, 0.1) is 6.92 Å². The summed E-state index contributed by atoms with van der Waals surface area (Å²) in [4.78, 5) is 8.80. The Kier molecular flexibility index (Phi) is 3.39. The van der Waals surface area contributed by atoms with Crippen LogP contribution in [0.3, 0.4) is 0 Å². The van der Waals surface area contributed by atoms with Crippen molar-refractivity contribution in [2.24, 2.45) is 0 Å². The number of oxazole rings is 1. The first-order valence-electron chi connectivity index (χ1n) is 7.31. The molecule has 2 aromatic heterocycles. The van der Waals surface area contributed by atoms with Gasteiger partial charge in [-0.05, 0) is 25.1 Å². The monoisotopic (exact) mass is 300 g/mol. The van der Waals surface area contributed by atoms with Crippen molar-refractivity contribution in [3.05, 3.63) is 35.8 Å². The molecule has 3 aromatic rings. The smallest absolute Gasteiger partial charge is 0.248 e. The highest BCUT2D eigenvalue weighted by Crippen LogP contribution is 2.25. The lowest BCUT2D eigenvalue weighted by molar-refractivity contribution is 0.354. The molecular weight excluding hydrogens is 280 g/mol. The zero-order valence-electron chi connectivity index (χ0n) is 13.5. The Labute approximate surface area is 128 Å². The van der Waals surface area contributed by atoms with Crippen LogP contribution in [0.4, 0.5) is 5.69 Å². The van der Waals surface area contributed by atoms with Gasteiger partial charge in [-0.15, -0.1) is 0 Å². The third kappa shape index (κ3) is 2.81.